The maximum Gasteiger partial charge on any atom is 0.410 e. The van der Waals surface area contributed by atoms with Crippen molar-refractivity contribution in [3.05, 3.63) is 59.7 Å². The second-order valence-electron chi connectivity index (χ2n) is 10.7. The van der Waals surface area contributed by atoms with Crippen LogP contribution in [0.15, 0.2) is 48.5 Å². The first-order valence-corrected chi connectivity index (χ1v) is 12.9. The minimum atomic E-state index is -1.10. The van der Waals surface area contributed by atoms with Gasteiger partial charge in [0.1, 0.15) is 18.2 Å². The molecule has 1 N–H and O–H groups in total. The molecule has 0 spiro atoms. The molecule has 1 fully saturated rings. The fourth-order valence-corrected chi connectivity index (χ4v) is 5.53. The molecule has 2 amide bonds. The molecule has 8 heteroatoms. The van der Waals surface area contributed by atoms with E-state index in [0.29, 0.717) is 13.0 Å². The summed E-state index contributed by atoms with van der Waals surface area (Å²) in [7, 11) is 0. The van der Waals surface area contributed by atoms with Crippen LogP contribution in [0.1, 0.15) is 64.5 Å². The van der Waals surface area contributed by atoms with Gasteiger partial charge in [0.25, 0.3) is 0 Å². The van der Waals surface area contributed by atoms with Gasteiger partial charge in [0, 0.05) is 12.5 Å². The number of fused-ring (bicyclic) bond motifs is 3. The molecule has 0 bridgehead atoms. The van der Waals surface area contributed by atoms with Crippen LogP contribution in [0.2, 0.25) is 0 Å². The molecule has 8 nitrogen and oxygen atoms in total. The van der Waals surface area contributed by atoms with Crippen LogP contribution in [0.4, 0.5) is 9.59 Å². The summed E-state index contributed by atoms with van der Waals surface area (Å²) in [6.45, 7) is 9.39. The van der Waals surface area contributed by atoms with Crippen molar-refractivity contribution in [1.29, 1.82) is 0 Å². The van der Waals surface area contributed by atoms with Crippen molar-refractivity contribution in [3.8, 4) is 11.1 Å². The quantitative estimate of drug-likeness (QED) is 0.554. The van der Waals surface area contributed by atoms with Crippen molar-refractivity contribution in [3.63, 3.8) is 0 Å². The van der Waals surface area contributed by atoms with Gasteiger partial charge in [-0.2, -0.15) is 0 Å². The predicted molar refractivity (Wildman–Crippen MR) is 139 cm³/mol. The lowest BCUT2D eigenvalue weighted by atomic mass is 9.98. The Labute approximate surface area is 218 Å². The lowest BCUT2D eigenvalue weighted by Crippen LogP contribution is -2.55. The monoisotopic (exact) mass is 508 g/mol. The van der Waals surface area contributed by atoms with Gasteiger partial charge in [-0.05, 0) is 62.8 Å². The molecule has 0 radical (unpaired) electrons. The molecule has 2 aromatic rings. The van der Waals surface area contributed by atoms with Crippen LogP contribution < -0.4 is 0 Å². The van der Waals surface area contributed by atoms with Gasteiger partial charge >= 0.3 is 18.2 Å². The Balaban J connectivity index is 1.55. The Bertz CT molecular complexity index is 1130. The van der Waals surface area contributed by atoms with Gasteiger partial charge in [-0.1, -0.05) is 55.5 Å². The second-order valence-corrected chi connectivity index (χ2v) is 10.7. The first-order valence-electron chi connectivity index (χ1n) is 12.9. The fourth-order valence-electron chi connectivity index (χ4n) is 5.53. The zero-order chi connectivity index (χ0) is 26.9. The summed E-state index contributed by atoms with van der Waals surface area (Å²) in [5.41, 5.74) is 3.74. The summed E-state index contributed by atoms with van der Waals surface area (Å²) in [6, 6.07) is 14.1. The number of ether oxygens (including phenoxy) is 2. The van der Waals surface area contributed by atoms with E-state index in [-0.39, 0.29) is 18.9 Å². The normalized spacial score (nSPS) is 19.6. The van der Waals surface area contributed by atoms with Crippen LogP contribution in [-0.2, 0) is 14.3 Å². The van der Waals surface area contributed by atoms with Crippen molar-refractivity contribution in [2.75, 3.05) is 13.2 Å². The number of carbonyl (C=O) groups is 3. The SMILES string of the molecule is CCC(C(=O)O)N(C(=O)OCC1c2ccccc2-c2ccccc21)[C@H]1CCN(C(=O)OC(C)(C)C)[C@@H]1C. The number of hydrogen-bond donors (Lipinski definition) is 1. The second kappa shape index (κ2) is 10.4. The summed E-state index contributed by atoms with van der Waals surface area (Å²) < 4.78 is 11.4. The first-order chi connectivity index (χ1) is 17.5. The Morgan fingerprint density at radius 2 is 1.62 bits per heavy atom. The molecule has 2 aliphatic rings. The summed E-state index contributed by atoms with van der Waals surface area (Å²) in [6.07, 6.45) is -0.499. The molecular formula is C29H36N2O6. The Kier molecular flexibility index (Phi) is 7.48. The average Bonchev–Trinajstić information content (AvgIpc) is 3.37. The van der Waals surface area contributed by atoms with Crippen LogP contribution in [0.5, 0.6) is 0 Å². The molecule has 198 valence electrons. The number of likely N-dealkylation sites (tertiary alicyclic amines) is 1. The van der Waals surface area contributed by atoms with Crippen LogP contribution in [0.25, 0.3) is 11.1 Å². The minimum absolute atomic E-state index is 0.0935. The molecule has 1 aliphatic carbocycles. The number of carboxylic acid groups (broad SMARTS) is 1. The van der Waals surface area contributed by atoms with Crippen LogP contribution >= 0.6 is 0 Å². The molecule has 4 rings (SSSR count). The zero-order valence-electron chi connectivity index (χ0n) is 22.1. The topological polar surface area (TPSA) is 96.4 Å². The summed E-state index contributed by atoms with van der Waals surface area (Å²) in [5.74, 6) is -1.23. The molecule has 37 heavy (non-hydrogen) atoms. The highest BCUT2D eigenvalue weighted by molar-refractivity contribution is 5.81. The molecule has 0 saturated carbocycles. The molecule has 1 heterocycles. The number of carboxylic acids is 1. The van der Waals surface area contributed by atoms with Gasteiger partial charge in [-0.15, -0.1) is 0 Å². The zero-order valence-corrected chi connectivity index (χ0v) is 22.1. The van der Waals surface area contributed by atoms with Crippen LogP contribution in [0, 0.1) is 0 Å². The van der Waals surface area contributed by atoms with Crippen LogP contribution in [0.3, 0.4) is 0 Å². The minimum Gasteiger partial charge on any atom is -0.480 e. The Hall–Kier alpha value is -3.55. The van der Waals surface area contributed by atoms with Gasteiger partial charge in [0.15, 0.2) is 0 Å². The summed E-state index contributed by atoms with van der Waals surface area (Å²) in [4.78, 5) is 41.4. The van der Waals surface area contributed by atoms with Crippen molar-refractivity contribution in [1.82, 2.24) is 9.80 Å². The molecule has 0 aromatic heterocycles. The van der Waals surface area contributed by atoms with Gasteiger partial charge in [-0.3, -0.25) is 4.90 Å². The number of rotatable bonds is 6. The molecule has 1 unspecified atom stereocenters. The van der Waals surface area contributed by atoms with E-state index in [0.717, 1.165) is 22.3 Å². The number of amides is 2. The van der Waals surface area contributed by atoms with E-state index < -0.39 is 41.9 Å². The third-order valence-electron chi connectivity index (χ3n) is 7.25. The summed E-state index contributed by atoms with van der Waals surface area (Å²) in [5, 5.41) is 9.95. The Morgan fingerprint density at radius 1 is 1.05 bits per heavy atom. The van der Waals surface area contributed by atoms with E-state index in [1.165, 1.54) is 4.90 Å². The highest BCUT2D eigenvalue weighted by atomic mass is 16.6. The number of hydrogen-bond acceptors (Lipinski definition) is 5. The number of benzene rings is 2. The molecular weight excluding hydrogens is 472 g/mol. The van der Waals surface area contributed by atoms with E-state index in [1.807, 2.05) is 43.3 Å². The van der Waals surface area contributed by atoms with E-state index in [9.17, 15) is 19.5 Å². The van der Waals surface area contributed by atoms with E-state index in [1.54, 1.807) is 32.6 Å². The highest BCUT2D eigenvalue weighted by Gasteiger charge is 2.45. The van der Waals surface area contributed by atoms with Crippen LogP contribution in [-0.4, -0.2) is 69.9 Å². The predicted octanol–water partition coefficient (Wildman–Crippen LogP) is 5.50. The molecule has 1 aliphatic heterocycles. The maximum atomic E-state index is 13.6. The van der Waals surface area contributed by atoms with E-state index >= 15 is 0 Å². The molecule has 2 aromatic carbocycles. The van der Waals surface area contributed by atoms with Crippen molar-refractivity contribution in [2.24, 2.45) is 0 Å². The number of carbonyl (C=O) groups excluding carboxylic acids is 2. The van der Waals surface area contributed by atoms with Gasteiger partial charge < -0.3 is 19.5 Å². The van der Waals surface area contributed by atoms with Gasteiger partial charge in [-0.25, -0.2) is 14.4 Å². The van der Waals surface area contributed by atoms with Gasteiger partial charge in [0.05, 0.1) is 12.1 Å². The largest absolute Gasteiger partial charge is 0.480 e. The van der Waals surface area contributed by atoms with Gasteiger partial charge in [0.2, 0.25) is 0 Å². The van der Waals surface area contributed by atoms with Crippen molar-refractivity contribution >= 4 is 18.2 Å². The highest BCUT2D eigenvalue weighted by Crippen LogP contribution is 2.44. The number of nitrogens with zero attached hydrogens (tertiary/aromatic N) is 2. The van der Waals surface area contributed by atoms with Crippen molar-refractivity contribution in [2.45, 2.75) is 77.1 Å². The smallest absolute Gasteiger partial charge is 0.410 e. The fraction of sp³-hybridized carbons (Fsp3) is 0.483. The van der Waals surface area contributed by atoms with E-state index in [2.05, 4.69) is 12.1 Å². The third-order valence-corrected chi connectivity index (χ3v) is 7.25. The summed E-state index contributed by atoms with van der Waals surface area (Å²) >= 11 is 0. The Morgan fingerprint density at radius 3 is 2.14 bits per heavy atom. The molecule has 1 saturated heterocycles. The third kappa shape index (κ3) is 5.29. The first kappa shape index (κ1) is 26.5. The lowest BCUT2D eigenvalue weighted by molar-refractivity contribution is -0.143. The molecule has 3 atom stereocenters. The standard InChI is InChI=1S/C29H36N2O6/c1-6-24(26(32)33)31(25-15-16-30(18(25)2)27(34)37-29(3,4)5)28(35)36-17-23-21-13-9-7-11-19(21)20-12-8-10-14-22(20)23/h7-14,18,23-25H,6,15-17H2,1-5H3,(H,32,33)/t18-,24?,25+/m1/s1. The van der Waals surface area contributed by atoms with E-state index in [4.69, 9.17) is 9.47 Å². The maximum absolute atomic E-state index is 13.6. The average molecular weight is 509 g/mol. The van der Waals surface area contributed by atoms with Crippen molar-refractivity contribution < 1.29 is 29.0 Å². The lowest BCUT2D eigenvalue weighted by Gasteiger charge is -2.36. The number of aliphatic carboxylic acids is 1.